The third kappa shape index (κ3) is 3.03. The topological polar surface area (TPSA) is 40.5 Å². The van der Waals surface area contributed by atoms with Crippen molar-refractivity contribution < 1.29 is 10.2 Å². The molecule has 0 spiro atoms. The van der Waals surface area contributed by atoms with Gasteiger partial charge in [0, 0.05) is 0 Å². The van der Waals surface area contributed by atoms with E-state index in [1.807, 2.05) is 0 Å². The standard InChI is InChI=1S/C27H42O2/c1-4-17-14-19-16-21(29)10-12-26(19,2)24-11-13-27(3)22(8-9-23(27)25(17)24)18-6-5-7-20(28)15-18/h8,14,17-18,20-21,23-25,28-29H,4-7,9-13,15-16H2,1-3H3/t17-,18?,20?,21-,23-,24-,25-,26-,27+/m0/s1. The van der Waals surface area contributed by atoms with Crippen molar-refractivity contribution in [2.24, 2.45) is 40.4 Å². The molecular formula is C27H42O2. The Bertz CT molecular complexity index is 707. The zero-order chi connectivity index (χ0) is 20.4. The maximum atomic E-state index is 10.3. The van der Waals surface area contributed by atoms with E-state index >= 15 is 0 Å². The van der Waals surface area contributed by atoms with E-state index in [4.69, 9.17) is 0 Å². The highest BCUT2D eigenvalue weighted by molar-refractivity contribution is 5.32. The first-order chi connectivity index (χ1) is 13.9. The van der Waals surface area contributed by atoms with Crippen molar-refractivity contribution in [3.63, 3.8) is 0 Å². The number of allylic oxidation sites excluding steroid dienone is 3. The highest BCUT2D eigenvalue weighted by Gasteiger charge is 2.59. The quantitative estimate of drug-likeness (QED) is 0.557. The van der Waals surface area contributed by atoms with Crippen molar-refractivity contribution in [1.29, 1.82) is 0 Å². The van der Waals surface area contributed by atoms with Gasteiger partial charge in [0.2, 0.25) is 0 Å². The first-order valence-electron chi connectivity index (χ1n) is 12.6. The molecule has 9 atom stereocenters. The summed E-state index contributed by atoms with van der Waals surface area (Å²) in [6.45, 7) is 7.51. The van der Waals surface area contributed by atoms with Gasteiger partial charge in [-0.1, -0.05) is 50.5 Å². The highest BCUT2D eigenvalue weighted by Crippen LogP contribution is 2.67. The first-order valence-corrected chi connectivity index (χ1v) is 12.6. The molecule has 2 nitrogen and oxygen atoms in total. The fourth-order valence-corrected chi connectivity index (χ4v) is 8.88. The first kappa shape index (κ1) is 20.3. The van der Waals surface area contributed by atoms with E-state index < -0.39 is 0 Å². The molecule has 0 aromatic carbocycles. The summed E-state index contributed by atoms with van der Waals surface area (Å²) in [6, 6.07) is 0. The van der Waals surface area contributed by atoms with Gasteiger partial charge >= 0.3 is 0 Å². The maximum absolute atomic E-state index is 10.3. The van der Waals surface area contributed by atoms with Gasteiger partial charge in [-0.2, -0.15) is 0 Å². The van der Waals surface area contributed by atoms with Crippen LogP contribution in [0.3, 0.4) is 0 Å². The Balaban J connectivity index is 1.47. The average Bonchev–Trinajstić information content (AvgIpc) is 3.05. The zero-order valence-electron chi connectivity index (χ0n) is 18.9. The molecule has 2 heteroatoms. The average molecular weight is 399 g/mol. The summed E-state index contributed by atoms with van der Waals surface area (Å²) in [5.41, 5.74) is 4.00. The second kappa shape index (κ2) is 7.23. The van der Waals surface area contributed by atoms with Gasteiger partial charge in [-0.25, -0.2) is 0 Å². The summed E-state index contributed by atoms with van der Waals surface area (Å²) >= 11 is 0. The van der Waals surface area contributed by atoms with E-state index in [-0.39, 0.29) is 12.2 Å². The molecule has 5 rings (SSSR count). The molecule has 2 N–H and O–H groups in total. The minimum atomic E-state index is -0.116. The van der Waals surface area contributed by atoms with E-state index in [9.17, 15) is 10.2 Å². The van der Waals surface area contributed by atoms with Crippen LogP contribution in [0.5, 0.6) is 0 Å². The molecule has 3 saturated carbocycles. The van der Waals surface area contributed by atoms with Crippen LogP contribution in [-0.2, 0) is 0 Å². The largest absolute Gasteiger partial charge is 0.393 e. The van der Waals surface area contributed by atoms with Gasteiger partial charge in [-0.15, -0.1) is 0 Å². The van der Waals surface area contributed by atoms with Crippen molar-refractivity contribution in [1.82, 2.24) is 0 Å². The third-order valence-corrected chi connectivity index (χ3v) is 10.4. The van der Waals surface area contributed by atoms with Crippen LogP contribution < -0.4 is 0 Å². The van der Waals surface area contributed by atoms with E-state index in [0.717, 1.165) is 43.4 Å². The Labute approximate surface area is 177 Å². The van der Waals surface area contributed by atoms with E-state index in [0.29, 0.717) is 22.7 Å². The lowest BCUT2D eigenvalue weighted by Crippen LogP contribution is -2.53. The Morgan fingerprint density at radius 1 is 0.966 bits per heavy atom. The van der Waals surface area contributed by atoms with Crippen LogP contribution in [0.1, 0.15) is 91.4 Å². The van der Waals surface area contributed by atoms with Crippen molar-refractivity contribution in [2.75, 3.05) is 0 Å². The summed E-state index contributed by atoms with van der Waals surface area (Å²) in [6.07, 6.45) is 17.8. The molecule has 3 fully saturated rings. The molecule has 0 aliphatic heterocycles. The molecule has 162 valence electrons. The number of aliphatic hydroxyl groups excluding tert-OH is 2. The Kier molecular flexibility index (Phi) is 5.06. The minimum absolute atomic E-state index is 0.0789. The lowest BCUT2D eigenvalue weighted by molar-refractivity contribution is -0.0550. The normalized spacial score (nSPS) is 52.1. The minimum Gasteiger partial charge on any atom is -0.393 e. The Morgan fingerprint density at radius 3 is 2.52 bits per heavy atom. The SMILES string of the molecule is CC[C@H]1C=C2C[C@@H](O)CC[C@]2(C)[C@H]2CC[C@]3(C)C(C4CCCC(O)C4)=CC[C@H]3[C@H]12. The van der Waals surface area contributed by atoms with Crippen LogP contribution in [0.2, 0.25) is 0 Å². The Hall–Kier alpha value is -0.600. The molecule has 0 amide bonds. The van der Waals surface area contributed by atoms with Gasteiger partial charge in [-0.3, -0.25) is 0 Å². The summed E-state index contributed by atoms with van der Waals surface area (Å²) in [5.74, 6) is 3.68. The summed E-state index contributed by atoms with van der Waals surface area (Å²) < 4.78 is 0. The highest BCUT2D eigenvalue weighted by atomic mass is 16.3. The smallest absolute Gasteiger partial charge is 0.0577 e. The van der Waals surface area contributed by atoms with Gasteiger partial charge in [0.15, 0.2) is 0 Å². The van der Waals surface area contributed by atoms with Crippen LogP contribution in [0.25, 0.3) is 0 Å². The van der Waals surface area contributed by atoms with Crippen LogP contribution >= 0.6 is 0 Å². The van der Waals surface area contributed by atoms with Crippen LogP contribution in [0.4, 0.5) is 0 Å². The van der Waals surface area contributed by atoms with Crippen molar-refractivity contribution in [2.45, 2.75) is 104 Å². The van der Waals surface area contributed by atoms with Gasteiger partial charge in [0.05, 0.1) is 12.2 Å². The second-order valence-electron chi connectivity index (χ2n) is 11.7. The molecule has 0 aromatic rings. The van der Waals surface area contributed by atoms with Crippen LogP contribution in [-0.4, -0.2) is 22.4 Å². The number of hydrogen-bond donors (Lipinski definition) is 2. The summed E-state index contributed by atoms with van der Waals surface area (Å²) in [4.78, 5) is 0. The summed E-state index contributed by atoms with van der Waals surface area (Å²) in [5, 5.41) is 20.7. The fraction of sp³-hybridized carbons (Fsp3) is 0.852. The van der Waals surface area contributed by atoms with E-state index in [1.54, 1.807) is 11.1 Å². The maximum Gasteiger partial charge on any atom is 0.0577 e. The fourth-order valence-electron chi connectivity index (χ4n) is 8.88. The summed E-state index contributed by atoms with van der Waals surface area (Å²) in [7, 11) is 0. The van der Waals surface area contributed by atoms with Crippen molar-refractivity contribution >= 4 is 0 Å². The molecule has 29 heavy (non-hydrogen) atoms. The molecule has 0 bridgehead atoms. The monoisotopic (exact) mass is 398 g/mol. The van der Waals surface area contributed by atoms with Crippen LogP contribution in [0.15, 0.2) is 23.3 Å². The molecule has 0 saturated heterocycles. The lowest BCUT2D eigenvalue weighted by atomic mass is 9.44. The van der Waals surface area contributed by atoms with E-state index in [1.165, 1.54) is 44.9 Å². The zero-order valence-corrected chi connectivity index (χ0v) is 18.9. The molecular weight excluding hydrogens is 356 g/mol. The second-order valence-corrected chi connectivity index (χ2v) is 11.7. The van der Waals surface area contributed by atoms with Crippen molar-refractivity contribution in [3.05, 3.63) is 23.3 Å². The molecule has 0 aromatic heterocycles. The number of aliphatic hydroxyl groups is 2. The van der Waals surface area contributed by atoms with Crippen LogP contribution in [0, 0.1) is 40.4 Å². The molecule has 0 radical (unpaired) electrons. The molecule has 0 heterocycles. The number of hydrogen-bond acceptors (Lipinski definition) is 2. The molecule has 2 unspecified atom stereocenters. The Morgan fingerprint density at radius 2 is 1.76 bits per heavy atom. The number of fused-ring (bicyclic) bond motifs is 5. The molecule has 5 aliphatic carbocycles. The van der Waals surface area contributed by atoms with Gasteiger partial charge in [0.25, 0.3) is 0 Å². The predicted octanol–water partition coefficient (Wildman–Crippen LogP) is 6.03. The third-order valence-electron chi connectivity index (χ3n) is 10.4. The predicted molar refractivity (Wildman–Crippen MR) is 118 cm³/mol. The van der Waals surface area contributed by atoms with Gasteiger partial charge < -0.3 is 10.2 Å². The number of rotatable bonds is 2. The van der Waals surface area contributed by atoms with Gasteiger partial charge in [0.1, 0.15) is 0 Å². The van der Waals surface area contributed by atoms with E-state index in [2.05, 4.69) is 32.9 Å². The lowest BCUT2D eigenvalue weighted by Gasteiger charge is -2.60. The van der Waals surface area contributed by atoms with Crippen molar-refractivity contribution in [3.8, 4) is 0 Å². The van der Waals surface area contributed by atoms with Gasteiger partial charge in [-0.05, 0) is 105 Å². The molecule has 5 aliphatic rings.